The maximum Gasteiger partial charge on any atom is 0.287 e. The lowest BCUT2D eigenvalue weighted by atomic mass is 9.94. The fourth-order valence-corrected chi connectivity index (χ4v) is 2.81. The molecule has 0 bridgehead atoms. The van der Waals surface area contributed by atoms with Gasteiger partial charge in [0.05, 0.1) is 12.0 Å². The first kappa shape index (κ1) is 17.8. The molecule has 3 rings (SSSR count). The fraction of sp³-hybridized carbons (Fsp3) is 0.300. The molecule has 136 valence electrons. The van der Waals surface area contributed by atoms with Crippen molar-refractivity contribution in [2.45, 2.75) is 38.6 Å². The molecule has 0 spiro atoms. The van der Waals surface area contributed by atoms with Gasteiger partial charge in [0, 0.05) is 28.9 Å². The highest BCUT2D eigenvalue weighted by atomic mass is 16.4. The van der Waals surface area contributed by atoms with Crippen molar-refractivity contribution in [1.82, 2.24) is 10.3 Å². The van der Waals surface area contributed by atoms with Crippen molar-refractivity contribution < 1.29 is 19.1 Å². The first-order valence-corrected chi connectivity index (χ1v) is 8.43. The summed E-state index contributed by atoms with van der Waals surface area (Å²) < 4.78 is 5.56. The number of carbonyl (C=O) groups is 2. The summed E-state index contributed by atoms with van der Waals surface area (Å²) in [6.45, 7) is 5.90. The van der Waals surface area contributed by atoms with Crippen molar-refractivity contribution >= 4 is 22.8 Å². The molecule has 1 aromatic carbocycles. The van der Waals surface area contributed by atoms with Gasteiger partial charge in [-0.3, -0.25) is 4.79 Å². The molecule has 0 aliphatic heterocycles. The Hall–Kier alpha value is -3.02. The van der Waals surface area contributed by atoms with E-state index in [9.17, 15) is 14.7 Å². The number of aliphatic carboxylic acids is 1. The topological polar surface area (TPSA) is 98.2 Å². The highest BCUT2D eigenvalue weighted by molar-refractivity contribution is 5.94. The molecule has 6 nitrogen and oxygen atoms in total. The zero-order chi connectivity index (χ0) is 18.9. The lowest BCUT2D eigenvalue weighted by Crippen LogP contribution is -2.49. The molecule has 26 heavy (non-hydrogen) atoms. The summed E-state index contributed by atoms with van der Waals surface area (Å²) in [7, 11) is 0. The van der Waals surface area contributed by atoms with Gasteiger partial charge in [-0.05, 0) is 23.8 Å². The van der Waals surface area contributed by atoms with Crippen molar-refractivity contribution in [3.8, 4) is 0 Å². The molecule has 0 saturated carbocycles. The van der Waals surface area contributed by atoms with Gasteiger partial charge in [-0.15, -0.1) is 0 Å². The van der Waals surface area contributed by atoms with Crippen LogP contribution < -0.4 is 10.4 Å². The fourth-order valence-electron chi connectivity index (χ4n) is 2.81. The van der Waals surface area contributed by atoms with Crippen LogP contribution in [0.3, 0.4) is 0 Å². The van der Waals surface area contributed by atoms with Crippen molar-refractivity contribution in [2.75, 3.05) is 0 Å². The van der Waals surface area contributed by atoms with Crippen LogP contribution in [0.1, 0.15) is 42.6 Å². The number of benzene rings is 1. The number of carboxylic acids is 1. The molecule has 0 fully saturated rings. The Kier molecular flexibility index (Phi) is 4.59. The molecular formula is C20H21N2O4-. The number of nitrogens with one attached hydrogen (secondary N) is 2. The molecule has 0 radical (unpaired) electrons. The number of amides is 1. The molecule has 2 aromatic heterocycles. The second-order valence-corrected chi connectivity index (χ2v) is 7.32. The van der Waals surface area contributed by atoms with Crippen LogP contribution in [-0.2, 0) is 16.6 Å². The summed E-state index contributed by atoms with van der Waals surface area (Å²) in [6, 6.07) is 9.69. The number of fused-ring (bicyclic) bond motifs is 1. The molecule has 0 aliphatic rings. The van der Waals surface area contributed by atoms with Gasteiger partial charge in [0.1, 0.15) is 5.76 Å². The van der Waals surface area contributed by atoms with E-state index >= 15 is 0 Å². The summed E-state index contributed by atoms with van der Waals surface area (Å²) in [5, 5.41) is 14.9. The van der Waals surface area contributed by atoms with E-state index in [0.717, 1.165) is 16.5 Å². The van der Waals surface area contributed by atoms with Crippen LogP contribution in [0.25, 0.3) is 10.9 Å². The van der Waals surface area contributed by atoms with E-state index in [1.54, 1.807) is 18.3 Å². The van der Waals surface area contributed by atoms with E-state index in [-0.39, 0.29) is 17.6 Å². The normalized spacial score (nSPS) is 12.9. The number of furan rings is 1. The van der Waals surface area contributed by atoms with E-state index in [1.807, 2.05) is 45.0 Å². The average molecular weight is 353 g/mol. The van der Waals surface area contributed by atoms with Crippen molar-refractivity contribution in [2.24, 2.45) is 0 Å². The summed E-state index contributed by atoms with van der Waals surface area (Å²) in [4.78, 5) is 27.0. The van der Waals surface area contributed by atoms with Gasteiger partial charge in [0.15, 0.2) is 5.76 Å². The van der Waals surface area contributed by atoms with Gasteiger partial charge >= 0.3 is 0 Å². The van der Waals surface area contributed by atoms with Gasteiger partial charge in [-0.2, -0.15) is 0 Å². The van der Waals surface area contributed by atoms with Gasteiger partial charge in [0.2, 0.25) is 0 Å². The second-order valence-electron chi connectivity index (χ2n) is 7.32. The van der Waals surface area contributed by atoms with E-state index in [4.69, 9.17) is 4.42 Å². The van der Waals surface area contributed by atoms with Crippen LogP contribution in [0.5, 0.6) is 0 Å². The van der Waals surface area contributed by atoms with Gasteiger partial charge in [-0.25, -0.2) is 0 Å². The lowest BCUT2D eigenvalue weighted by molar-refractivity contribution is -0.308. The van der Waals surface area contributed by atoms with Crippen LogP contribution in [0.4, 0.5) is 0 Å². The third kappa shape index (κ3) is 3.64. The minimum atomic E-state index is -1.34. The van der Waals surface area contributed by atoms with Crippen LogP contribution in [0.15, 0.2) is 47.0 Å². The monoisotopic (exact) mass is 353 g/mol. The molecule has 0 saturated heterocycles. The molecule has 0 aliphatic carbocycles. The van der Waals surface area contributed by atoms with E-state index < -0.39 is 17.9 Å². The third-order valence-electron chi connectivity index (χ3n) is 4.26. The minimum absolute atomic E-state index is 0.0834. The smallest absolute Gasteiger partial charge is 0.287 e. The molecule has 0 unspecified atom stereocenters. The number of aromatic nitrogens is 1. The number of carboxylic acid groups (broad SMARTS) is 1. The zero-order valence-corrected chi connectivity index (χ0v) is 15.0. The quantitative estimate of drug-likeness (QED) is 0.734. The van der Waals surface area contributed by atoms with Gasteiger partial charge in [0.25, 0.3) is 5.91 Å². The third-order valence-corrected chi connectivity index (χ3v) is 4.26. The Morgan fingerprint density at radius 2 is 1.92 bits per heavy atom. The number of rotatable bonds is 5. The highest BCUT2D eigenvalue weighted by Crippen LogP contribution is 2.24. The number of aromatic amines is 1. The average Bonchev–Trinajstić information content (AvgIpc) is 3.21. The molecular weight excluding hydrogens is 332 g/mol. The highest BCUT2D eigenvalue weighted by Gasteiger charge is 2.23. The molecule has 1 amide bonds. The van der Waals surface area contributed by atoms with E-state index in [0.29, 0.717) is 5.76 Å². The largest absolute Gasteiger partial charge is 0.548 e. The van der Waals surface area contributed by atoms with Crippen LogP contribution >= 0.6 is 0 Å². The molecule has 6 heteroatoms. The SMILES string of the molecule is CC(C)(C)c1ccc(C(=O)N[C@H](Cc2c[nH]c3ccccc23)C(=O)[O-])o1. The number of hydrogen-bond acceptors (Lipinski definition) is 4. The first-order valence-electron chi connectivity index (χ1n) is 8.43. The zero-order valence-electron chi connectivity index (χ0n) is 15.0. The molecule has 2 N–H and O–H groups in total. The Morgan fingerprint density at radius 3 is 2.58 bits per heavy atom. The van der Waals surface area contributed by atoms with E-state index in [2.05, 4.69) is 10.3 Å². The maximum atomic E-state index is 12.4. The van der Waals surface area contributed by atoms with Crippen molar-refractivity contribution in [3.05, 3.63) is 59.7 Å². The van der Waals surface area contributed by atoms with Crippen molar-refractivity contribution in [1.29, 1.82) is 0 Å². The maximum absolute atomic E-state index is 12.4. The Balaban J connectivity index is 1.77. The second kappa shape index (κ2) is 6.71. The summed E-state index contributed by atoms with van der Waals surface area (Å²) in [5.41, 5.74) is 1.47. The van der Waals surface area contributed by atoms with Gasteiger partial charge in [-0.1, -0.05) is 39.0 Å². The van der Waals surface area contributed by atoms with E-state index in [1.165, 1.54) is 0 Å². The standard InChI is InChI=1S/C20H22N2O4/c1-20(2,3)17-9-8-16(26-17)18(23)22-15(19(24)25)10-12-11-21-14-7-5-4-6-13(12)14/h4-9,11,15,21H,10H2,1-3H3,(H,22,23)(H,24,25)/p-1/t15-/m1/s1. The molecule has 2 heterocycles. The Bertz CT molecular complexity index is 946. The number of para-hydroxylation sites is 1. The lowest BCUT2D eigenvalue weighted by Gasteiger charge is -2.19. The molecule has 3 aromatic rings. The number of hydrogen-bond donors (Lipinski definition) is 2. The van der Waals surface area contributed by atoms with Gasteiger partial charge < -0.3 is 24.6 Å². The van der Waals surface area contributed by atoms with Crippen LogP contribution in [0, 0.1) is 0 Å². The number of H-pyrrole nitrogens is 1. The molecule has 1 atom stereocenters. The summed E-state index contributed by atoms with van der Waals surface area (Å²) in [5.74, 6) is -1.18. The Morgan fingerprint density at radius 1 is 1.19 bits per heavy atom. The van der Waals surface area contributed by atoms with Crippen LogP contribution in [-0.4, -0.2) is 22.9 Å². The van der Waals surface area contributed by atoms with Crippen molar-refractivity contribution in [3.63, 3.8) is 0 Å². The van der Waals surface area contributed by atoms with Crippen LogP contribution in [0.2, 0.25) is 0 Å². The minimum Gasteiger partial charge on any atom is -0.548 e. The summed E-state index contributed by atoms with van der Waals surface area (Å²) >= 11 is 0. The predicted molar refractivity (Wildman–Crippen MR) is 95.7 cm³/mol. The first-order chi connectivity index (χ1) is 12.3. The number of carbonyl (C=O) groups excluding carboxylic acids is 2. The Labute approximate surface area is 151 Å². The predicted octanol–water partition coefficient (Wildman–Crippen LogP) is 2.15. The summed E-state index contributed by atoms with van der Waals surface area (Å²) in [6.07, 6.45) is 1.86.